The molecule has 0 unspecified atom stereocenters. The Morgan fingerprint density at radius 3 is 2.07 bits per heavy atom. The minimum atomic E-state index is 0.285. The molecule has 0 aliphatic heterocycles. The Kier molecular flexibility index (Phi) is 5.23. The van der Waals surface area contributed by atoms with E-state index in [1.807, 2.05) is 14.1 Å². The average molecular weight is 195 g/mol. The Morgan fingerprint density at radius 1 is 1.29 bits per heavy atom. The van der Waals surface area contributed by atoms with Gasteiger partial charge in [-0.2, -0.15) is 0 Å². The highest BCUT2D eigenvalue weighted by atomic mass is 15.1. The predicted octanol–water partition coefficient (Wildman–Crippen LogP) is 3.01. The van der Waals surface area contributed by atoms with Crippen molar-refractivity contribution < 1.29 is 0 Å². The maximum absolute atomic E-state index is 5.49. The fourth-order valence-corrected chi connectivity index (χ4v) is 1.94. The molecule has 0 fully saturated rings. The molecule has 0 spiro atoms. The number of nitrogens with zero attached hydrogens (tertiary/aromatic N) is 1. The molecule has 1 heteroatoms. The number of hydrogen-bond acceptors (Lipinski definition) is 1. The van der Waals surface area contributed by atoms with Crippen molar-refractivity contribution in [3.8, 4) is 12.3 Å². The summed E-state index contributed by atoms with van der Waals surface area (Å²) in [6, 6.07) is 0.285. The maximum atomic E-state index is 5.49. The zero-order valence-corrected chi connectivity index (χ0v) is 10.6. The Labute approximate surface area is 89.9 Å². The fourth-order valence-electron chi connectivity index (χ4n) is 1.94. The zero-order valence-electron chi connectivity index (χ0n) is 10.6. The highest BCUT2D eigenvalue weighted by molar-refractivity contribution is 4.99. The van der Waals surface area contributed by atoms with Gasteiger partial charge in [0.25, 0.3) is 0 Å². The highest BCUT2D eigenvalue weighted by Crippen LogP contribution is 2.27. The lowest BCUT2D eigenvalue weighted by Crippen LogP contribution is -2.29. The van der Waals surface area contributed by atoms with Crippen LogP contribution < -0.4 is 0 Å². The van der Waals surface area contributed by atoms with E-state index in [1.165, 1.54) is 6.42 Å². The summed E-state index contributed by atoms with van der Waals surface area (Å²) in [4.78, 5) is 2.12. The van der Waals surface area contributed by atoms with Crippen molar-refractivity contribution in [2.24, 2.45) is 11.3 Å². The first kappa shape index (κ1) is 13.5. The van der Waals surface area contributed by atoms with E-state index in [1.54, 1.807) is 0 Å². The molecule has 0 aromatic rings. The summed E-state index contributed by atoms with van der Waals surface area (Å²) >= 11 is 0. The fraction of sp³-hybridized carbons (Fsp3) is 0.846. The van der Waals surface area contributed by atoms with E-state index in [0.717, 1.165) is 6.42 Å². The molecule has 0 amide bonds. The summed E-state index contributed by atoms with van der Waals surface area (Å²) in [5, 5.41) is 0. The van der Waals surface area contributed by atoms with Gasteiger partial charge in [-0.3, -0.25) is 4.90 Å². The lowest BCUT2D eigenvalue weighted by atomic mass is 9.83. The second-order valence-corrected chi connectivity index (χ2v) is 5.75. The van der Waals surface area contributed by atoms with Crippen LogP contribution in [0.5, 0.6) is 0 Å². The lowest BCUT2D eigenvalue weighted by Gasteiger charge is -2.27. The van der Waals surface area contributed by atoms with Crippen molar-refractivity contribution in [2.75, 3.05) is 14.1 Å². The predicted molar refractivity (Wildman–Crippen MR) is 64.2 cm³/mol. The highest BCUT2D eigenvalue weighted by Gasteiger charge is 2.18. The Morgan fingerprint density at radius 2 is 1.79 bits per heavy atom. The van der Waals surface area contributed by atoms with E-state index in [9.17, 15) is 0 Å². The van der Waals surface area contributed by atoms with Crippen molar-refractivity contribution >= 4 is 0 Å². The third kappa shape index (κ3) is 6.05. The van der Waals surface area contributed by atoms with Gasteiger partial charge in [-0.25, -0.2) is 0 Å². The van der Waals surface area contributed by atoms with E-state index in [4.69, 9.17) is 6.42 Å². The second kappa shape index (κ2) is 5.41. The summed E-state index contributed by atoms with van der Waals surface area (Å²) < 4.78 is 0. The van der Waals surface area contributed by atoms with Gasteiger partial charge in [-0.1, -0.05) is 33.6 Å². The molecule has 14 heavy (non-hydrogen) atoms. The molecule has 0 saturated heterocycles. The summed E-state index contributed by atoms with van der Waals surface area (Å²) in [5.74, 6) is 3.54. The molecule has 0 N–H and O–H groups in total. The van der Waals surface area contributed by atoms with Crippen LogP contribution in [-0.4, -0.2) is 25.0 Å². The molecule has 0 aromatic carbocycles. The first-order valence-electron chi connectivity index (χ1n) is 5.39. The molecule has 0 heterocycles. The van der Waals surface area contributed by atoms with Gasteiger partial charge < -0.3 is 0 Å². The maximum Gasteiger partial charge on any atom is 0.0709 e. The van der Waals surface area contributed by atoms with Crippen LogP contribution in [0.4, 0.5) is 0 Å². The largest absolute Gasteiger partial charge is 0.296 e. The third-order valence-corrected chi connectivity index (χ3v) is 2.40. The van der Waals surface area contributed by atoms with Crippen molar-refractivity contribution in [3.05, 3.63) is 0 Å². The van der Waals surface area contributed by atoms with Gasteiger partial charge in [0.15, 0.2) is 0 Å². The minimum absolute atomic E-state index is 0.285. The molecule has 0 saturated carbocycles. The number of rotatable bonds is 4. The Bertz CT molecular complexity index is 192. The quantitative estimate of drug-likeness (QED) is 0.623. The Balaban J connectivity index is 4.05. The number of terminal acetylenes is 1. The topological polar surface area (TPSA) is 3.24 Å². The van der Waals surface area contributed by atoms with E-state index in [-0.39, 0.29) is 6.04 Å². The molecule has 1 nitrogen and oxygen atoms in total. The van der Waals surface area contributed by atoms with Crippen LogP contribution in [0.15, 0.2) is 0 Å². The summed E-state index contributed by atoms with van der Waals surface area (Å²) in [7, 11) is 4.10. The van der Waals surface area contributed by atoms with Crippen LogP contribution in [0, 0.1) is 23.7 Å². The molecule has 82 valence electrons. The monoisotopic (exact) mass is 195 g/mol. The van der Waals surface area contributed by atoms with Crippen molar-refractivity contribution in [1.29, 1.82) is 0 Å². The molecule has 0 rings (SSSR count). The summed E-state index contributed by atoms with van der Waals surface area (Å²) in [6.45, 7) is 9.14. The normalized spacial score (nSPS) is 16.4. The van der Waals surface area contributed by atoms with Crippen molar-refractivity contribution in [3.63, 3.8) is 0 Å². The third-order valence-electron chi connectivity index (χ3n) is 2.40. The van der Waals surface area contributed by atoms with Gasteiger partial charge in [0.1, 0.15) is 0 Å². The van der Waals surface area contributed by atoms with Crippen LogP contribution in [0.2, 0.25) is 0 Å². The molecule has 0 aromatic heterocycles. The Hall–Kier alpha value is -0.480. The smallest absolute Gasteiger partial charge is 0.0709 e. The van der Waals surface area contributed by atoms with Crippen LogP contribution in [-0.2, 0) is 0 Å². The summed E-state index contributed by atoms with van der Waals surface area (Å²) in [6.07, 6.45) is 7.83. The summed E-state index contributed by atoms with van der Waals surface area (Å²) in [5.41, 5.74) is 0.408. The van der Waals surface area contributed by atoms with Crippen LogP contribution in [0.3, 0.4) is 0 Å². The zero-order chi connectivity index (χ0) is 11.4. The van der Waals surface area contributed by atoms with Crippen molar-refractivity contribution in [1.82, 2.24) is 4.90 Å². The number of hydrogen-bond donors (Lipinski definition) is 0. The van der Waals surface area contributed by atoms with E-state index < -0.39 is 0 Å². The van der Waals surface area contributed by atoms with Gasteiger partial charge in [-0.05, 0) is 38.3 Å². The van der Waals surface area contributed by atoms with Crippen LogP contribution in [0.25, 0.3) is 0 Å². The molecule has 0 radical (unpaired) electrons. The van der Waals surface area contributed by atoms with E-state index in [0.29, 0.717) is 11.3 Å². The van der Waals surface area contributed by atoms with E-state index in [2.05, 4.69) is 38.5 Å². The standard InChI is InChI=1S/C13H25N/c1-8-12(14(6)7)9-11(2)10-13(3,4)5/h1,11-12H,9-10H2,2-7H3/t11-,12+/m1/s1. The molecule has 0 aliphatic carbocycles. The van der Waals surface area contributed by atoms with Crippen LogP contribution in [0.1, 0.15) is 40.5 Å². The first-order valence-corrected chi connectivity index (χ1v) is 5.39. The molecular weight excluding hydrogens is 170 g/mol. The molecule has 0 bridgehead atoms. The van der Waals surface area contributed by atoms with E-state index >= 15 is 0 Å². The van der Waals surface area contributed by atoms with Gasteiger partial charge in [0.05, 0.1) is 6.04 Å². The van der Waals surface area contributed by atoms with Crippen LogP contribution >= 0.6 is 0 Å². The SMILES string of the molecule is C#C[C@@H](C[C@@H](C)CC(C)(C)C)N(C)C. The first-order chi connectivity index (χ1) is 6.26. The van der Waals surface area contributed by atoms with Gasteiger partial charge in [-0.15, -0.1) is 6.42 Å². The molecule has 0 aliphatic rings. The van der Waals surface area contributed by atoms with Crippen molar-refractivity contribution in [2.45, 2.75) is 46.6 Å². The lowest BCUT2D eigenvalue weighted by molar-refractivity contribution is 0.246. The minimum Gasteiger partial charge on any atom is -0.296 e. The van der Waals surface area contributed by atoms with Gasteiger partial charge >= 0.3 is 0 Å². The molecule has 2 atom stereocenters. The second-order valence-electron chi connectivity index (χ2n) is 5.75. The average Bonchev–Trinajstić information content (AvgIpc) is 1.96. The van der Waals surface area contributed by atoms with Gasteiger partial charge in [0, 0.05) is 0 Å². The van der Waals surface area contributed by atoms with Gasteiger partial charge in [0.2, 0.25) is 0 Å². The molecular formula is C13H25N.